The number of aromatic amines is 1. The van der Waals surface area contributed by atoms with Crippen LogP contribution in [0, 0.1) is 11.7 Å². The van der Waals surface area contributed by atoms with E-state index in [1.54, 1.807) is 0 Å². The van der Waals surface area contributed by atoms with E-state index in [1.165, 1.54) is 16.8 Å². The summed E-state index contributed by atoms with van der Waals surface area (Å²) in [7, 11) is 0. The van der Waals surface area contributed by atoms with Crippen LogP contribution in [0.4, 0.5) is 0 Å². The van der Waals surface area contributed by atoms with Crippen molar-refractivity contribution in [1.82, 2.24) is 14.8 Å². The summed E-state index contributed by atoms with van der Waals surface area (Å²) >= 11 is 5.31. The molecule has 0 aliphatic carbocycles. The van der Waals surface area contributed by atoms with Gasteiger partial charge in [-0.05, 0) is 43.1 Å². The summed E-state index contributed by atoms with van der Waals surface area (Å²) < 4.78 is 2.70. The van der Waals surface area contributed by atoms with Crippen LogP contribution < -0.4 is 0 Å². The van der Waals surface area contributed by atoms with Crippen LogP contribution in [0.1, 0.15) is 30.8 Å². The van der Waals surface area contributed by atoms with E-state index in [2.05, 4.69) is 42.2 Å². The summed E-state index contributed by atoms with van der Waals surface area (Å²) in [6.45, 7) is 6.30. The summed E-state index contributed by atoms with van der Waals surface area (Å²) in [4.78, 5) is 0. The minimum absolute atomic E-state index is 0.665. The Morgan fingerprint density at radius 2 is 1.82 bits per heavy atom. The molecule has 0 saturated heterocycles. The highest BCUT2D eigenvalue weighted by atomic mass is 32.1. The van der Waals surface area contributed by atoms with Crippen molar-refractivity contribution in [3.05, 3.63) is 39.9 Å². The molecular weight excluding hydrogens is 230 g/mol. The number of rotatable bonds is 3. The second-order valence-corrected chi connectivity index (χ2v) is 4.43. The van der Waals surface area contributed by atoms with Crippen molar-refractivity contribution < 1.29 is 0 Å². The molecule has 0 spiro atoms. The molecule has 2 rings (SSSR count). The van der Waals surface area contributed by atoms with Gasteiger partial charge in [0.15, 0.2) is 4.77 Å². The molecule has 0 unspecified atom stereocenters. The lowest BCUT2D eigenvalue weighted by molar-refractivity contribution is 0.912. The molecule has 0 fully saturated rings. The quantitative estimate of drug-likeness (QED) is 0.844. The topological polar surface area (TPSA) is 33.6 Å². The van der Waals surface area contributed by atoms with Crippen LogP contribution in [-0.2, 0) is 12.8 Å². The monoisotopic (exact) mass is 247 g/mol. The first-order valence-corrected chi connectivity index (χ1v) is 6.35. The van der Waals surface area contributed by atoms with Gasteiger partial charge in [0, 0.05) is 0 Å². The van der Waals surface area contributed by atoms with E-state index in [0.717, 1.165) is 18.7 Å². The molecule has 90 valence electrons. The Morgan fingerprint density at radius 1 is 1.24 bits per heavy atom. The van der Waals surface area contributed by atoms with Crippen LogP contribution >= 0.6 is 12.2 Å². The summed E-state index contributed by atoms with van der Waals surface area (Å²) in [5, 5.41) is 7.04. The van der Waals surface area contributed by atoms with Gasteiger partial charge in [-0.2, -0.15) is 5.10 Å². The molecule has 1 N–H and O–H groups in total. The van der Waals surface area contributed by atoms with Gasteiger partial charge >= 0.3 is 0 Å². The van der Waals surface area contributed by atoms with Crippen molar-refractivity contribution in [3.63, 3.8) is 0 Å². The molecule has 1 aromatic carbocycles. The predicted molar refractivity (Wildman–Crippen MR) is 72.2 cm³/mol. The summed E-state index contributed by atoms with van der Waals surface area (Å²) in [5.41, 5.74) is 3.82. The normalized spacial score (nSPS) is 10.8. The van der Waals surface area contributed by atoms with E-state index in [0.29, 0.717) is 4.77 Å². The Morgan fingerprint density at radius 3 is 2.24 bits per heavy atom. The van der Waals surface area contributed by atoms with Crippen LogP contribution in [0.3, 0.4) is 0 Å². The summed E-state index contributed by atoms with van der Waals surface area (Å²) in [6.07, 6.45) is 1.99. The highest BCUT2D eigenvalue weighted by Crippen LogP contribution is 2.22. The first kappa shape index (κ1) is 12.0. The zero-order chi connectivity index (χ0) is 12.4. The molecule has 0 aliphatic heterocycles. The molecular formula is C13H17N3S. The number of H-pyrrole nitrogens is 1. The molecule has 0 bridgehead atoms. The van der Waals surface area contributed by atoms with E-state index >= 15 is 0 Å². The number of nitrogens with zero attached hydrogens (tertiary/aromatic N) is 2. The van der Waals surface area contributed by atoms with Gasteiger partial charge in [-0.1, -0.05) is 32.0 Å². The molecule has 3 nitrogen and oxygen atoms in total. The molecule has 1 heterocycles. The first-order valence-electron chi connectivity index (χ1n) is 5.94. The van der Waals surface area contributed by atoms with Crippen LogP contribution in [-0.4, -0.2) is 14.8 Å². The second kappa shape index (κ2) is 4.84. The van der Waals surface area contributed by atoms with Gasteiger partial charge in [0.25, 0.3) is 0 Å². The Bertz CT molecular complexity index is 558. The maximum Gasteiger partial charge on any atom is 0.199 e. The fraction of sp³-hybridized carbons (Fsp3) is 0.385. The fourth-order valence-corrected chi connectivity index (χ4v) is 2.41. The Balaban J connectivity index is 2.77. The Labute approximate surface area is 106 Å². The molecule has 0 aliphatic rings. The highest BCUT2D eigenvalue weighted by molar-refractivity contribution is 7.71. The minimum atomic E-state index is 0.665. The molecule has 2 aromatic rings. The van der Waals surface area contributed by atoms with E-state index < -0.39 is 0 Å². The lowest BCUT2D eigenvalue weighted by Crippen LogP contribution is -2.05. The number of aromatic nitrogens is 3. The van der Waals surface area contributed by atoms with Gasteiger partial charge in [-0.3, -0.25) is 9.67 Å². The van der Waals surface area contributed by atoms with Crippen LogP contribution in [0.15, 0.2) is 18.2 Å². The van der Waals surface area contributed by atoms with Gasteiger partial charge in [0.05, 0.1) is 5.69 Å². The average molecular weight is 247 g/mol. The van der Waals surface area contributed by atoms with Crippen LogP contribution in [0.2, 0.25) is 0 Å². The number of para-hydroxylation sites is 1. The number of nitrogens with one attached hydrogen (secondary N) is 1. The Kier molecular flexibility index (Phi) is 3.43. The largest absolute Gasteiger partial charge is 0.272 e. The average Bonchev–Trinajstić information content (AvgIpc) is 2.68. The maximum absolute atomic E-state index is 5.31. The SMILES string of the molecule is CCc1cccc(CC)c1-n1c(C)n[nH]c1=S. The number of hydrogen-bond acceptors (Lipinski definition) is 2. The van der Waals surface area contributed by atoms with Gasteiger partial charge in [-0.15, -0.1) is 0 Å². The van der Waals surface area contributed by atoms with Gasteiger partial charge in [-0.25, -0.2) is 0 Å². The van der Waals surface area contributed by atoms with Crippen molar-refractivity contribution in [2.24, 2.45) is 0 Å². The van der Waals surface area contributed by atoms with Gasteiger partial charge in [0.1, 0.15) is 5.82 Å². The third-order valence-electron chi connectivity index (χ3n) is 3.03. The standard InChI is InChI=1S/C13H17N3S/c1-4-10-7-6-8-11(5-2)12(10)16-9(3)14-15-13(16)17/h6-8H,4-5H2,1-3H3,(H,15,17). The highest BCUT2D eigenvalue weighted by Gasteiger charge is 2.11. The van der Waals surface area contributed by atoms with E-state index in [-0.39, 0.29) is 0 Å². The third-order valence-corrected chi connectivity index (χ3v) is 3.30. The van der Waals surface area contributed by atoms with Crippen LogP contribution in [0.25, 0.3) is 5.69 Å². The molecule has 0 atom stereocenters. The zero-order valence-electron chi connectivity index (χ0n) is 10.4. The first-order chi connectivity index (χ1) is 8.19. The van der Waals surface area contributed by atoms with Crippen molar-refractivity contribution in [2.45, 2.75) is 33.6 Å². The second-order valence-electron chi connectivity index (χ2n) is 4.04. The van der Waals surface area contributed by atoms with Crippen LogP contribution in [0.5, 0.6) is 0 Å². The summed E-state index contributed by atoms with van der Waals surface area (Å²) in [6, 6.07) is 6.42. The predicted octanol–water partition coefficient (Wildman–Crippen LogP) is 3.36. The van der Waals surface area contributed by atoms with E-state index in [1.807, 2.05) is 11.5 Å². The lowest BCUT2D eigenvalue weighted by Gasteiger charge is -2.14. The summed E-state index contributed by atoms with van der Waals surface area (Å²) in [5.74, 6) is 0.908. The molecule has 1 aromatic heterocycles. The molecule has 0 radical (unpaired) electrons. The van der Waals surface area contributed by atoms with Crippen molar-refractivity contribution >= 4 is 12.2 Å². The molecule has 17 heavy (non-hydrogen) atoms. The van der Waals surface area contributed by atoms with Crippen molar-refractivity contribution in [3.8, 4) is 5.69 Å². The number of benzene rings is 1. The fourth-order valence-electron chi connectivity index (χ4n) is 2.14. The number of aryl methyl sites for hydroxylation is 3. The third kappa shape index (κ3) is 2.05. The van der Waals surface area contributed by atoms with Crippen molar-refractivity contribution in [2.75, 3.05) is 0 Å². The van der Waals surface area contributed by atoms with E-state index in [4.69, 9.17) is 12.2 Å². The van der Waals surface area contributed by atoms with Gasteiger partial charge < -0.3 is 0 Å². The Hall–Kier alpha value is -1.42. The molecule has 0 saturated carbocycles. The number of hydrogen-bond donors (Lipinski definition) is 1. The lowest BCUT2D eigenvalue weighted by atomic mass is 10.0. The molecule has 4 heteroatoms. The van der Waals surface area contributed by atoms with E-state index in [9.17, 15) is 0 Å². The molecule has 0 amide bonds. The maximum atomic E-state index is 5.31. The van der Waals surface area contributed by atoms with Crippen molar-refractivity contribution in [1.29, 1.82) is 0 Å². The zero-order valence-corrected chi connectivity index (χ0v) is 11.3. The smallest absolute Gasteiger partial charge is 0.199 e. The van der Waals surface area contributed by atoms with Gasteiger partial charge in [0.2, 0.25) is 0 Å². The minimum Gasteiger partial charge on any atom is -0.272 e.